The van der Waals surface area contributed by atoms with Crippen LogP contribution in [0.15, 0.2) is 0 Å². The molecule has 0 bridgehead atoms. The topological polar surface area (TPSA) is 43.7 Å². The maximum atomic E-state index is 10.4. The second-order valence-corrected chi connectivity index (χ2v) is 6.89. The Bertz CT molecular complexity index is 267. The van der Waals surface area contributed by atoms with E-state index >= 15 is 0 Å². The summed E-state index contributed by atoms with van der Waals surface area (Å²) >= 11 is 0. The normalized spacial score (nSPS) is 36.3. The van der Waals surface area contributed by atoms with Crippen LogP contribution in [0.1, 0.15) is 52.4 Å². The van der Waals surface area contributed by atoms with Gasteiger partial charge in [0.05, 0.1) is 6.10 Å². The Morgan fingerprint density at radius 1 is 1.28 bits per heavy atom. The van der Waals surface area contributed by atoms with E-state index in [2.05, 4.69) is 18.7 Å². The van der Waals surface area contributed by atoms with Crippen molar-refractivity contribution in [1.82, 2.24) is 4.90 Å². The summed E-state index contributed by atoms with van der Waals surface area (Å²) in [5, 5.41) is 19.3. The van der Waals surface area contributed by atoms with Crippen LogP contribution in [0.2, 0.25) is 0 Å². The van der Waals surface area contributed by atoms with Crippen LogP contribution in [0.5, 0.6) is 0 Å². The molecule has 0 aromatic rings. The minimum absolute atomic E-state index is 0.102. The summed E-state index contributed by atoms with van der Waals surface area (Å²) in [6.45, 7) is 6.92. The van der Waals surface area contributed by atoms with Gasteiger partial charge in [0.15, 0.2) is 0 Å². The Kier molecular flexibility index (Phi) is 4.68. The van der Waals surface area contributed by atoms with Crippen LogP contribution in [-0.4, -0.2) is 47.0 Å². The van der Waals surface area contributed by atoms with Gasteiger partial charge in [-0.3, -0.25) is 0 Å². The lowest BCUT2D eigenvalue weighted by molar-refractivity contribution is 0.0302. The van der Waals surface area contributed by atoms with Crippen LogP contribution in [0.25, 0.3) is 0 Å². The Morgan fingerprint density at radius 3 is 2.67 bits per heavy atom. The molecule has 2 N–H and O–H groups in total. The lowest BCUT2D eigenvalue weighted by atomic mass is 9.87. The van der Waals surface area contributed by atoms with E-state index in [1.54, 1.807) is 0 Å². The van der Waals surface area contributed by atoms with Crippen molar-refractivity contribution in [1.29, 1.82) is 0 Å². The fourth-order valence-electron chi connectivity index (χ4n) is 3.78. The third-order valence-corrected chi connectivity index (χ3v) is 5.07. The fraction of sp³-hybridized carbons (Fsp3) is 1.00. The largest absolute Gasteiger partial charge is 0.396 e. The number of aliphatic hydroxyl groups is 2. The van der Waals surface area contributed by atoms with Gasteiger partial charge in [-0.25, -0.2) is 0 Å². The van der Waals surface area contributed by atoms with Crippen molar-refractivity contribution in [3.8, 4) is 0 Å². The molecule has 0 amide bonds. The zero-order chi connectivity index (χ0) is 13.2. The predicted octanol–water partition coefficient (Wildman–Crippen LogP) is 2.02. The predicted molar refractivity (Wildman–Crippen MR) is 73.4 cm³/mol. The van der Waals surface area contributed by atoms with Crippen LogP contribution in [0.4, 0.5) is 0 Å². The molecular weight excluding hydrogens is 226 g/mol. The number of hydrogen-bond donors (Lipinski definition) is 2. The Hall–Kier alpha value is -0.120. The molecule has 3 heteroatoms. The summed E-state index contributed by atoms with van der Waals surface area (Å²) in [5.41, 5.74) is 0.102. The van der Waals surface area contributed by atoms with Crippen LogP contribution in [0.3, 0.4) is 0 Å². The first-order chi connectivity index (χ1) is 8.54. The molecule has 1 saturated heterocycles. The van der Waals surface area contributed by atoms with Gasteiger partial charge in [-0.15, -0.1) is 0 Å². The second kappa shape index (κ2) is 5.89. The number of nitrogens with zero attached hydrogens (tertiary/aromatic N) is 1. The molecular formula is C15H29NO2. The monoisotopic (exact) mass is 255 g/mol. The highest BCUT2D eigenvalue weighted by molar-refractivity contribution is 4.93. The summed E-state index contributed by atoms with van der Waals surface area (Å²) in [7, 11) is 0. The van der Waals surface area contributed by atoms with E-state index in [1.165, 1.54) is 19.4 Å². The quantitative estimate of drug-likeness (QED) is 0.790. The van der Waals surface area contributed by atoms with Crippen molar-refractivity contribution >= 4 is 0 Å². The Morgan fingerprint density at radius 2 is 2.06 bits per heavy atom. The molecule has 0 radical (unpaired) electrons. The third kappa shape index (κ3) is 3.06. The average molecular weight is 255 g/mol. The van der Waals surface area contributed by atoms with Crippen molar-refractivity contribution in [2.24, 2.45) is 11.3 Å². The Labute approximate surface area is 111 Å². The van der Waals surface area contributed by atoms with Gasteiger partial charge in [0.1, 0.15) is 0 Å². The molecule has 3 atom stereocenters. The standard InChI is InChI=1S/C15H29NO2/c1-15(2)8-7-12(14(15)18)11-16-9-3-5-13(16)6-4-10-17/h12-14,17-18H,3-11H2,1-2H3. The zero-order valence-corrected chi connectivity index (χ0v) is 11.9. The molecule has 1 aliphatic heterocycles. The van der Waals surface area contributed by atoms with Gasteiger partial charge < -0.3 is 15.1 Å². The van der Waals surface area contributed by atoms with Gasteiger partial charge >= 0.3 is 0 Å². The van der Waals surface area contributed by atoms with E-state index in [-0.39, 0.29) is 11.5 Å². The molecule has 1 saturated carbocycles. The van der Waals surface area contributed by atoms with Gasteiger partial charge in [-0.2, -0.15) is 0 Å². The fourth-order valence-corrected chi connectivity index (χ4v) is 3.78. The smallest absolute Gasteiger partial charge is 0.0631 e. The molecule has 2 fully saturated rings. The lowest BCUT2D eigenvalue weighted by Gasteiger charge is -2.31. The van der Waals surface area contributed by atoms with E-state index in [4.69, 9.17) is 5.11 Å². The molecule has 18 heavy (non-hydrogen) atoms. The van der Waals surface area contributed by atoms with Gasteiger partial charge in [0.25, 0.3) is 0 Å². The second-order valence-electron chi connectivity index (χ2n) is 6.89. The highest BCUT2D eigenvalue weighted by Crippen LogP contribution is 2.42. The summed E-state index contributed by atoms with van der Waals surface area (Å²) in [6, 6.07) is 0.646. The number of aliphatic hydroxyl groups excluding tert-OH is 2. The van der Waals surface area contributed by atoms with E-state index in [9.17, 15) is 5.11 Å². The van der Waals surface area contributed by atoms with E-state index in [0.717, 1.165) is 32.2 Å². The summed E-state index contributed by atoms with van der Waals surface area (Å²) in [4.78, 5) is 2.56. The van der Waals surface area contributed by atoms with Gasteiger partial charge in [0.2, 0.25) is 0 Å². The molecule has 3 unspecified atom stereocenters. The first kappa shape index (κ1) is 14.3. The van der Waals surface area contributed by atoms with E-state index in [0.29, 0.717) is 18.6 Å². The number of hydrogen-bond acceptors (Lipinski definition) is 3. The van der Waals surface area contributed by atoms with Crippen molar-refractivity contribution in [3.05, 3.63) is 0 Å². The van der Waals surface area contributed by atoms with Crippen molar-refractivity contribution in [2.45, 2.75) is 64.5 Å². The molecule has 106 valence electrons. The highest BCUT2D eigenvalue weighted by atomic mass is 16.3. The van der Waals surface area contributed by atoms with Crippen molar-refractivity contribution < 1.29 is 10.2 Å². The maximum Gasteiger partial charge on any atom is 0.0631 e. The molecule has 1 aliphatic carbocycles. The number of likely N-dealkylation sites (tertiary alicyclic amines) is 1. The minimum atomic E-state index is -0.142. The summed E-state index contributed by atoms with van der Waals surface area (Å²) in [5.74, 6) is 0.453. The molecule has 1 heterocycles. The van der Waals surface area contributed by atoms with Gasteiger partial charge in [0, 0.05) is 19.2 Å². The van der Waals surface area contributed by atoms with Gasteiger partial charge in [-0.05, 0) is 56.4 Å². The molecule has 0 aromatic heterocycles. The Balaban J connectivity index is 1.85. The summed E-state index contributed by atoms with van der Waals surface area (Å²) in [6.07, 6.45) is 6.75. The van der Waals surface area contributed by atoms with Crippen molar-refractivity contribution in [2.75, 3.05) is 19.7 Å². The van der Waals surface area contributed by atoms with Crippen LogP contribution >= 0.6 is 0 Å². The maximum absolute atomic E-state index is 10.4. The SMILES string of the molecule is CC1(C)CCC(CN2CCCC2CCCO)C1O. The number of rotatable bonds is 5. The first-order valence-corrected chi connectivity index (χ1v) is 7.57. The van der Waals surface area contributed by atoms with E-state index in [1.807, 2.05) is 0 Å². The van der Waals surface area contributed by atoms with Crippen molar-refractivity contribution in [3.63, 3.8) is 0 Å². The molecule has 3 nitrogen and oxygen atoms in total. The van der Waals surface area contributed by atoms with Crippen LogP contribution in [0, 0.1) is 11.3 Å². The molecule has 0 spiro atoms. The minimum Gasteiger partial charge on any atom is -0.396 e. The third-order valence-electron chi connectivity index (χ3n) is 5.07. The first-order valence-electron chi connectivity index (χ1n) is 7.57. The zero-order valence-electron chi connectivity index (χ0n) is 11.9. The highest BCUT2D eigenvalue weighted by Gasteiger charge is 2.42. The molecule has 2 rings (SSSR count). The summed E-state index contributed by atoms with van der Waals surface area (Å²) < 4.78 is 0. The lowest BCUT2D eigenvalue weighted by Crippen LogP contribution is -2.39. The van der Waals surface area contributed by atoms with Crippen LogP contribution in [-0.2, 0) is 0 Å². The average Bonchev–Trinajstić information content (AvgIpc) is 2.87. The van der Waals surface area contributed by atoms with E-state index < -0.39 is 0 Å². The van der Waals surface area contributed by atoms with Gasteiger partial charge in [-0.1, -0.05) is 13.8 Å². The molecule has 2 aliphatic rings. The van der Waals surface area contributed by atoms with Crippen LogP contribution < -0.4 is 0 Å². The molecule has 0 aromatic carbocycles.